The lowest BCUT2D eigenvalue weighted by atomic mass is 10.1. The molecule has 0 saturated carbocycles. The highest BCUT2D eigenvalue weighted by Gasteiger charge is 2.24. The van der Waals surface area contributed by atoms with Crippen LogP contribution in [0.4, 0.5) is 17.2 Å². The number of carbonyl (C=O) groups excluding carboxylic acids is 1. The van der Waals surface area contributed by atoms with Crippen molar-refractivity contribution in [2.45, 2.75) is 16.8 Å². The van der Waals surface area contributed by atoms with E-state index < -0.39 is 4.92 Å². The standard InChI is InChI=1S/C21H15N5O3S/c1-13(27)14-7-9-16(10-8-14)25-20-19(26(28)29)21(24-12-23-20)30-17-6-2-4-15-5-3-11-22-18(15)17/h2-12H,1H3,(H,23,24,25). The third-order valence-electron chi connectivity index (χ3n) is 4.33. The van der Waals surface area contributed by atoms with Gasteiger partial charge in [-0.25, -0.2) is 9.97 Å². The van der Waals surface area contributed by atoms with E-state index in [4.69, 9.17) is 0 Å². The summed E-state index contributed by atoms with van der Waals surface area (Å²) >= 11 is 1.16. The van der Waals surface area contributed by atoms with Crippen LogP contribution in [0, 0.1) is 10.1 Å². The first-order valence-corrected chi connectivity index (χ1v) is 9.73. The first-order valence-electron chi connectivity index (χ1n) is 8.92. The van der Waals surface area contributed by atoms with Crippen molar-refractivity contribution in [2.24, 2.45) is 0 Å². The summed E-state index contributed by atoms with van der Waals surface area (Å²) in [6, 6.07) is 16.0. The second-order valence-electron chi connectivity index (χ2n) is 6.33. The highest BCUT2D eigenvalue weighted by molar-refractivity contribution is 7.99. The van der Waals surface area contributed by atoms with Crippen molar-refractivity contribution in [3.8, 4) is 0 Å². The number of hydrogen-bond acceptors (Lipinski definition) is 8. The minimum absolute atomic E-state index is 0.0584. The van der Waals surface area contributed by atoms with Gasteiger partial charge in [0.1, 0.15) is 6.33 Å². The van der Waals surface area contributed by atoms with Crippen LogP contribution in [0.5, 0.6) is 0 Å². The molecule has 2 heterocycles. The fourth-order valence-electron chi connectivity index (χ4n) is 2.88. The number of carbonyl (C=O) groups is 1. The maximum Gasteiger partial charge on any atom is 0.343 e. The molecule has 0 saturated heterocycles. The largest absolute Gasteiger partial charge is 0.343 e. The zero-order valence-corrected chi connectivity index (χ0v) is 16.6. The number of hydrogen-bond donors (Lipinski definition) is 1. The Morgan fingerprint density at radius 3 is 2.53 bits per heavy atom. The van der Waals surface area contributed by atoms with E-state index in [1.807, 2.05) is 30.3 Å². The van der Waals surface area contributed by atoms with Crippen molar-refractivity contribution >= 4 is 45.6 Å². The zero-order valence-electron chi connectivity index (χ0n) is 15.8. The van der Waals surface area contributed by atoms with Gasteiger partial charge in [-0.05, 0) is 43.3 Å². The third kappa shape index (κ3) is 3.96. The van der Waals surface area contributed by atoms with Gasteiger partial charge in [0.15, 0.2) is 10.8 Å². The summed E-state index contributed by atoms with van der Waals surface area (Å²) in [5.41, 5.74) is 1.64. The highest BCUT2D eigenvalue weighted by Crippen LogP contribution is 2.39. The molecular weight excluding hydrogens is 402 g/mol. The maximum atomic E-state index is 11.8. The molecule has 8 nitrogen and oxygen atoms in total. The molecule has 0 bridgehead atoms. The van der Waals surface area contributed by atoms with E-state index >= 15 is 0 Å². The van der Waals surface area contributed by atoms with Crippen LogP contribution in [0.1, 0.15) is 17.3 Å². The summed E-state index contributed by atoms with van der Waals surface area (Å²) in [5, 5.41) is 15.9. The molecule has 0 fully saturated rings. The number of ketones is 1. The van der Waals surface area contributed by atoms with Crippen molar-refractivity contribution in [3.05, 3.63) is 82.8 Å². The van der Waals surface area contributed by atoms with E-state index in [1.54, 1.807) is 30.5 Å². The quantitative estimate of drug-likeness (QED) is 0.201. The van der Waals surface area contributed by atoms with E-state index in [-0.39, 0.29) is 22.3 Å². The molecule has 148 valence electrons. The van der Waals surface area contributed by atoms with Crippen molar-refractivity contribution < 1.29 is 9.72 Å². The molecule has 0 amide bonds. The second-order valence-corrected chi connectivity index (χ2v) is 7.36. The van der Waals surface area contributed by atoms with Gasteiger partial charge in [-0.2, -0.15) is 0 Å². The predicted octanol–water partition coefficient (Wildman–Crippen LogP) is 5.03. The molecule has 0 aliphatic rings. The predicted molar refractivity (Wildman–Crippen MR) is 114 cm³/mol. The Morgan fingerprint density at radius 1 is 1.03 bits per heavy atom. The molecule has 2 aromatic carbocycles. The number of benzene rings is 2. The minimum Gasteiger partial charge on any atom is -0.334 e. The molecule has 0 aliphatic carbocycles. The molecule has 4 rings (SSSR count). The summed E-state index contributed by atoms with van der Waals surface area (Å²) in [6.45, 7) is 1.48. The number of aromatic nitrogens is 3. The Kier molecular flexibility index (Phi) is 5.36. The van der Waals surface area contributed by atoms with Crippen LogP contribution in [-0.2, 0) is 0 Å². The van der Waals surface area contributed by atoms with Gasteiger partial charge in [0.05, 0.1) is 10.4 Å². The van der Waals surface area contributed by atoms with Crippen LogP contribution in [0.3, 0.4) is 0 Å². The number of Topliss-reactive ketones (excluding diaryl/α,β-unsaturated/α-hetero) is 1. The Morgan fingerprint density at radius 2 is 1.80 bits per heavy atom. The van der Waals surface area contributed by atoms with Crippen molar-refractivity contribution in [2.75, 3.05) is 5.32 Å². The topological polar surface area (TPSA) is 111 Å². The summed E-state index contributed by atoms with van der Waals surface area (Å²) < 4.78 is 0. The van der Waals surface area contributed by atoms with Gasteiger partial charge in [-0.3, -0.25) is 19.9 Å². The highest BCUT2D eigenvalue weighted by atomic mass is 32.2. The van der Waals surface area contributed by atoms with Gasteiger partial charge in [-0.1, -0.05) is 30.0 Å². The Labute approximate surface area is 175 Å². The molecule has 0 unspecified atom stereocenters. The maximum absolute atomic E-state index is 11.8. The summed E-state index contributed by atoms with van der Waals surface area (Å²) in [7, 11) is 0. The molecule has 0 radical (unpaired) electrons. The Bertz CT molecular complexity index is 1260. The lowest BCUT2D eigenvalue weighted by molar-refractivity contribution is -0.387. The Balaban J connectivity index is 1.71. The van der Waals surface area contributed by atoms with Crippen molar-refractivity contribution in [1.82, 2.24) is 15.0 Å². The minimum atomic E-state index is -0.507. The van der Waals surface area contributed by atoms with Crippen LogP contribution in [0.2, 0.25) is 0 Å². The van der Waals surface area contributed by atoms with Crippen molar-refractivity contribution in [3.63, 3.8) is 0 Å². The summed E-state index contributed by atoms with van der Waals surface area (Å²) in [4.78, 5) is 36.1. The van der Waals surface area contributed by atoms with Crippen LogP contribution in [0.15, 0.2) is 77.0 Å². The Hall–Kier alpha value is -3.85. The first-order chi connectivity index (χ1) is 14.5. The monoisotopic (exact) mass is 417 g/mol. The fraction of sp³-hybridized carbons (Fsp3) is 0.0476. The molecule has 0 aliphatic heterocycles. The number of para-hydroxylation sites is 1. The molecule has 4 aromatic rings. The van der Waals surface area contributed by atoms with E-state index in [2.05, 4.69) is 20.3 Å². The van der Waals surface area contributed by atoms with Gasteiger partial charge in [0, 0.05) is 27.7 Å². The van der Waals surface area contributed by atoms with Crippen LogP contribution in [0.25, 0.3) is 10.9 Å². The van der Waals surface area contributed by atoms with Crippen LogP contribution >= 0.6 is 11.8 Å². The molecule has 30 heavy (non-hydrogen) atoms. The van der Waals surface area contributed by atoms with Crippen LogP contribution < -0.4 is 5.32 Å². The van der Waals surface area contributed by atoms with Gasteiger partial charge < -0.3 is 5.32 Å². The number of nitrogens with zero attached hydrogens (tertiary/aromatic N) is 4. The molecule has 1 N–H and O–H groups in total. The normalized spacial score (nSPS) is 10.7. The average Bonchev–Trinajstić information content (AvgIpc) is 2.74. The number of fused-ring (bicyclic) bond motifs is 1. The number of anilines is 2. The zero-order chi connectivity index (χ0) is 21.1. The van der Waals surface area contributed by atoms with E-state index in [1.165, 1.54) is 13.3 Å². The molecule has 0 atom stereocenters. The van der Waals surface area contributed by atoms with E-state index in [0.717, 1.165) is 27.6 Å². The molecule has 9 heteroatoms. The van der Waals surface area contributed by atoms with Crippen molar-refractivity contribution in [1.29, 1.82) is 0 Å². The summed E-state index contributed by atoms with van der Waals surface area (Å²) in [5.74, 6) is 0.0122. The number of nitrogens with one attached hydrogen (secondary N) is 1. The summed E-state index contributed by atoms with van der Waals surface area (Å²) in [6.07, 6.45) is 2.96. The lowest BCUT2D eigenvalue weighted by Gasteiger charge is -2.09. The van der Waals surface area contributed by atoms with E-state index in [0.29, 0.717) is 11.3 Å². The van der Waals surface area contributed by atoms with E-state index in [9.17, 15) is 14.9 Å². The lowest BCUT2D eigenvalue weighted by Crippen LogP contribution is -2.03. The van der Waals surface area contributed by atoms with Crippen LogP contribution in [-0.4, -0.2) is 25.7 Å². The molecule has 0 spiro atoms. The van der Waals surface area contributed by atoms with Gasteiger partial charge in [0.25, 0.3) is 0 Å². The first kappa shape index (κ1) is 19.5. The van der Waals surface area contributed by atoms with Gasteiger partial charge in [-0.15, -0.1) is 0 Å². The fourth-order valence-corrected chi connectivity index (χ4v) is 3.87. The molecular formula is C21H15N5O3S. The van der Waals surface area contributed by atoms with Gasteiger partial charge >= 0.3 is 5.69 Å². The number of pyridine rings is 1. The average molecular weight is 417 g/mol. The number of rotatable bonds is 6. The molecule has 2 aromatic heterocycles. The third-order valence-corrected chi connectivity index (χ3v) is 5.37. The van der Waals surface area contributed by atoms with Gasteiger partial charge in [0.2, 0.25) is 5.82 Å². The number of nitro groups is 1. The second kappa shape index (κ2) is 8.26. The SMILES string of the molecule is CC(=O)c1ccc(Nc2ncnc(Sc3cccc4cccnc34)c2[N+](=O)[O-])cc1. The smallest absolute Gasteiger partial charge is 0.334 e.